The Kier molecular flexibility index (Phi) is 4.30. The molecule has 0 fully saturated rings. The number of rotatable bonds is 5. The normalized spacial score (nSPS) is 12.6. The third-order valence-corrected chi connectivity index (χ3v) is 2.23. The lowest BCUT2D eigenvalue weighted by atomic mass is 10.1. The highest BCUT2D eigenvalue weighted by atomic mass is 16.3. The molecular weight excluding hydrogens is 192 g/mol. The summed E-state index contributed by atoms with van der Waals surface area (Å²) in [6.07, 6.45) is 3.29. The van der Waals surface area contributed by atoms with E-state index in [1.54, 1.807) is 19.4 Å². The molecule has 0 unspecified atom stereocenters. The van der Waals surface area contributed by atoms with Gasteiger partial charge in [-0.1, -0.05) is 13.8 Å². The Hall–Kier alpha value is -1.36. The van der Waals surface area contributed by atoms with E-state index in [-0.39, 0.29) is 12.6 Å². The molecule has 0 aliphatic carbocycles. The van der Waals surface area contributed by atoms with Gasteiger partial charge in [-0.2, -0.15) is 0 Å². The van der Waals surface area contributed by atoms with Gasteiger partial charge in [-0.3, -0.25) is 4.98 Å². The van der Waals surface area contributed by atoms with Gasteiger partial charge in [-0.05, 0) is 5.92 Å². The minimum absolute atomic E-state index is 0.00593. The first-order valence-corrected chi connectivity index (χ1v) is 5.04. The molecule has 5 nitrogen and oxygen atoms in total. The lowest BCUT2D eigenvalue weighted by Gasteiger charge is -2.20. The van der Waals surface area contributed by atoms with E-state index in [9.17, 15) is 0 Å². The third-order valence-electron chi connectivity index (χ3n) is 2.23. The Morgan fingerprint density at radius 2 is 2.00 bits per heavy atom. The molecule has 0 aliphatic rings. The van der Waals surface area contributed by atoms with Crippen LogP contribution in [0.4, 0.5) is 11.6 Å². The fraction of sp³-hybridized carbons (Fsp3) is 0.600. The Morgan fingerprint density at radius 1 is 1.33 bits per heavy atom. The first-order chi connectivity index (χ1) is 7.17. The standard InChI is InChI=1S/C10H18N4O/c1-7(2)8(6-15)13-10-5-12-4-9(11-3)14-10/h4-5,7-8,15H,6H2,1-3H3,(H2,11,13,14)/t8-/m1/s1. The fourth-order valence-corrected chi connectivity index (χ4v) is 1.17. The predicted molar refractivity (Wildman–Crippen MR) is 60.9 cm³/mol. The van der Waals surface area contributed by atoms with Crippen molar-refractivity contribution in [3.05, 3.63) is 12.4 Å². The summed E-state index contributed by atoms with van der Waals surface area (Å²) < 4.78 is 0. The van der Waals surface area contributed by atoms with Crippen LogP contribution in [0.25, 0.3) is 0 Å². The fourth-order valence-electron chi connectivity index (χ4n) is 1.17. The number of aliphatic hydroxyl groups excluding tert-OH is 1. The molecule has 0 aliphatic heterocycles. The van der Waals surface area contributed by atoms with Crippen molar-refractivity contribution < 1.29 is 5.11 Å². The number of nitrogens with one attached hydrogen (secondary N) is 2. The summed E-state index contributed by atoms with van der Waals surface area (Å²) in [6, 6.07) is 0.00593. The molecule has 15 heavy (non-hydrogen) atoms. The SMILES string of the molecule is CNc1cncc(N[C@H](CO)C(C)C)n1. The number of aliphatic hydroxyl groups is 1. The summed E-state index contributed by atoms with van der Waals surface area (Å²) in [4.78, 5) is 8.30. The second-order valence-electron chi connectivity index (χ2n) is 3.72. The van der Waals surface area contributed by atoms with Gasteiger partial charge in [0.2, 0.25) is 0 Å². The highest BCUT2D eigenvalue weighted by Gasteiger charge is 2.12. The lowest BCUT2D eigenvalue weighted by Crippen LogP contribution is -2.29. The molecule has 0 spiro atoms. The number of hydrogen-bond donors (Lipinski definition) is 3. The van der Waals surface area contributed by atoms with Crippen LogP contribution < -0.4 is 10.6 Å². The Morgan fingerprint density at radius 3 is 2.53 bits per heavy atom. The van der Waals surface area contributed by atoms with E-state index in [2.05, 4.69) is 20.6 Å². The number of hydrogen-bond acceptors (Lipinski definition) is 5. The van der Waals surface area contributed by atoms with Crippen molar-refractivity contribution in [2.24, 2.45) is 5.92 Å². The van der Waals surface area contributed by atoms with E-state index >= 15 is 0 Å². The summed E-state index contributed by atoms with van der Waals surface area (Å²) in [5, 5.41) is 15.2. The number of anilines is 2. The maximum absolute atomic E-state index is 9.16. The summed E-state index contributed by atoms with van der Waals surface area (Å²) in [5.74, 6) is 1.73. The van der Waals surface area contributed by atoms with E-state index in [4.69, 9.17) is 5.11 Å². The topological polar surface area (TPSA) is 70.1 Å². The van der Waals surface area contributed by atoms with Gasteiger partial charge in [0.15, 0.2) is 0 Å². The van der Waals surface area contributed by atoms with Crippen LogP contribution in [0.3, 0.4) is 0 Å². The zero-order valence-electron chi connectivity index (χ0n) is 9.36. The molecule has 0 saturated heterocycles. The van der Waals surface area contributed by atoms with Gasteiger partial charge >= 0.3 is 0 Å². The van der Waals surface area contributed by atoms with Crippen LogP contribution in [0.2, 0.25) is 0 Å². The summed E-state index contributed by atoms with van der Waals surface area (Å²) >= 11 is 0. The van der Waals surface area contributed by atoms with Crippen molar-refractivity contribution in [1.29, 1.82) is 0 Å². The zero-order valence-corrected chi connectivity index (χ0v) is 9.36. The Balaban J connectivity index is 2.70. The van der Waals surface area contributed by atoms with Crippen LogP contribution in [0, 0.1) is 5.92 Å². The highest BCUT2D eigenvalue weighted by Crippen LogP contribution is 2.11. The van der Waals surface area contributed by atoms with Crippen molar-refractivity contribution in [1.82, 2.24) is 9.97 Å². The minimum atomic E-state index is 0.00593. The molecule has 0 amide bonds. The van der Waals surface area contributed by atoms with E-state index in [1.165, 1.54) is 0 Å². The highest BCUT2D eigenvalue weighted by molar-refractivity contribution is 5.41. The van der Waals surface area contributed by atoms with Crippen LogP contribution in [0.1, 0.15) is 13.8 Å². The van der Waals surface area contributed by atoms with Gasteiger partial charge in [0.05, 0.1) is 25.0 Å². The maximum Gasteiger partial charge on any atom is 0.147 e. The summed E-state index contributed by atoms with van der Waals surface area (Å²) in [5.41, 5.74) is 0. The van der Waals surface area contributed by atoms with Crippen LogP contribution in [-0.2, 0) is 0 Å². The average Bonchev–Trinajstić information content (AvgIpc) is 2.25. The average molecular weight is 210 g/mol. The summed E-state index contributed by atoms with van der Waals surface area (Å²) in [7, 11) is 1.79. The number of nitrogens with zero attached hydrogens (tertiary/aromatic N) is 2. The second kappa shape index (κ2) is 5.50. The van der Waals surface area contributed by atoms with Gasteiger partial charge < -0.3 is 15.7 Å². The maximum atomic E-state index is 9.16. The third kappa shape index (κ3) is 3.36. The van der Waals surface area contributed by atoms with Crippen molar-refractivity contribution in [2.45, 2.75) is 19.9 Å². The van der Waals surface area contributed by atoms with Crippen molar-refractivity contribution >= 4 is 11.6 Å². The van der Waals surface area contributed by atoms with E-state index in [1.807, 2.05) is 13.8 Å². The molecule has 0 saturated carbocycles. The minimum Gasteiger partial charge on any atom is -0.394 e. The number of aromatic nitrogens is 2. The van der Waals surface area contributed by atoms with Crippen LogP contribution >= 0.6 is 0 Å². The van der Waals surface area contributed by atoms with Gasteiger partial charge in [0.1, 0.15) is 11.6 Å². The van der Waals surface area contributed by atoms with Gasteiger partial charge in [0, 0.05) is 7.05 Å². The molecule has 5 heteroatoms. The molecule has 1 atom stereocenters. The van der Waals surface area contributed by atoms with Gasteiger partial charge in [-0.25, -0.2) is 4.98 Å². The molecule has 1 rings (SSSR count). The molecule has 0 aromatic carbocycles. The smallest absolute Gasteiger partial charge is 0.147 e. The first-order valence-electron chi connectivity index (χ1n) is 5.04. The Labute approximate surface area is 90.0 Å². The molecule has 1 aromatic heterocycles. The molecule has 84 valence electrons. The van der Waals surface area contributed by atoms with Crippen molar-refractivity contribution in [2.75, 3.05) is 24.3 Å². The first kappa shape index (κ1) is 11.7. The molecule has 0 radical (unpaired) electrons. The zero-order chi connectivity index (χ0) is 11.3. The van der Waals surface area contributed by atoms with Gasteiger partial charge in [-0.15, -0.1) is 0 Å². The van der Waals surface area contributed by atoms with E-state index < -0.39 is 0 Å². The lowest BCUT2D eigenvalue weighted by molar-refractivity contribution is 0.249. The van der Waals surface area contributed by atoms with Gasteiger partial charge in [0.25, 0.3) is 0 Å². The van der Waals surface area contributed by atoms with Crippen LogP contribution in [0.15, 0.2) is 12.4 Å². The largest absolute Gasteiger partial charge is 0.394 e. The Bertz CT molecular complexity index is 303. The molecule has 0 bridgehead atoms. The molecule has 3 N–H and O–H groups in total. The molecular formula is C10H18N4O. The van der Waals surface area contributed by atoms with Crippen LogP contribution in [0.5, 0.6) is 0 Å². The van der Waals surface area contributed by atoms with Crippen LogP contribution in [-0.4, -0.2) is 34.8 Å². The molecule has 1 aromatic rings. The van der Waals surface area contributed by atoms with Crippen molar-refractivity contribution in [3.63, 3.8) is 0 Å². The monoisotopic (exact) mass is 210 g/mol. The van der Waals surface area contributed by atoms with E-state index in [0.29, 0.717) is 17.6 Å². The summed E-state index contributed by atoms with van der Waals surface area (Å²) in [6.45, 7) is 4.18. The predicted octanol–water partition coefficient (Wildman–Crippen LogP) is 0.947. The molecule has 1 heterocycles. The van der Waals surface area contributed by atoms with E-state index in [0.717, 1.165) is 0 Å². The van der Waals surface area contributed by atoms with Crippen molar-refractivity contribution in [3.8, 4) is 0 Å². The quantitative estimate of drug-likeness (QED) is 0.675. The second-order valence-corrected chi connectivity index (χ2v) is 3.72.